The number of rotatable bonds is 3. The summed E-state index contributed by atoms with van der Waals surface area (Å²) >= 11 is 12.1. The second-order valence-corrected chi connectivity index (χ2v) is 5.44. The highest BCUT2D eigenvalue weighted by Gasteiger charge is 2.39. The number of carbonyl (C=O) groups excluding carboxylic acids is 1. The van der Waals surface area contributed by atoms with E-state index in [2.05, 4.69) is 0 Å². The van der Waals surface area contributed by atoms with Gasteiger partial charge in [0.2, 0.25) is 5.91 Å². The maximum atomic E-state index is 11.9. The molecule has 0 spiro atoms. The van der Waals surface area contributed by atoms with Crippen molar-refractivity contribution in [3.63, 3.8) is 0 Å². The maximum absolute atomic E-state index is 11.9. The molecule has 1 aromatic carbocycles. The van der Waals surface area contributed by atoms with Crippen LogP contribution in [0.15, 0.2) is 12.1 Å². The van der Waals surface area contributed by atoms with Crippen molar-refractivity contribution in [3.8, 4) is 5.75 Å². The van der Waals surface area contributed by atoms with E-state index in [0.29, 0.717) is 10.6 Å². The van der Waals surface area contributed by atoms with Gasteiger partial charge in [-0.1, -0.05) is 23.2 Å². The number of benzene rings is 1. The van der Waals surface area contributed by atoms with Crippen LogP contribution in [0.3, 0.4) is 0 Å². The summed E-state index contributed by atoms with van der Waals surface area (Å²) < 4.78 is 0. The molecule has 1 fully saturated rings. The average molecular weight is 304 g/mol. The van der Waals surface area contributed by atoms with Crippen LogP contribution in [0.1, 0.15) is 24.8 Å². The van der Waals surface area contributed by atoms with E-state index in [1.54, 1.807) is 4.90 Å². The first kappa shape index (κ1) is 14.4. The molecule has 2 atom stereocenters. The van der Waals surface area contributed by atoms with Crippen molar-refractivity contribution in [2.45, 2.75) is 25.3 Å². The van der Waals surface area contributed by atoms with Gasteiger partial charge in [-0.05, 0) is 19.1 Å². The number of hydrogen-bond acceptors (Lipinski definition) is 3. The first-order chi connectivity index (χ1) is 8.97. The number of aromatic hydroxyl groups is 1. The van der Waals surface area contributed by atoms with Crippen molar-refractivity contribution >= 4 is 29.1 Å². The fraction of sp³-hybridized carbons (Fsp3) is 0.462. The van der Waals surface area contributed by atoms with Gasteiger partial charge in [-0.15, -0.1) is 0 Å². The van der Waals surface area contributed by atoms with Crippen LogP contribution in [0.4, 0.5) is 0 Å². The smallest absolute Gasteiger partial charge is 0.223 e. The lowest BCUT2D eigenvalue weighted by Crippen LogP contribution is -2.34. The Bertz CT molecular complexity index is 507. The number of hydrogen-bond donors (Lipinski definition) is 2. The molecule has 1 aliphatic rings. The summed E-state index contributed by atoms with van der Waals surface area (Å²) in [6.45, 7) is 2.08. The van der Waals surface area contributed by atoms with E-state index in [1.165, 1.54) is 12.1 Å². The summed E-state index contributed by atoms with van der Waals surface area (Å²) in [5, 5.41) is 19.6. The van der Waals surface area contributed by atoms with Crippen LogP contribution in [0.25, 0.3) is 0 Å². The lowest BCUT2D eigenvalue weighted by Gasteiger charge is -2.25. The highest BCUT2D eigenvalue weighted by molar-refractivity contribution is 6.42. The lowest BCUT2D eigenvalue weighted by atomic mass is 9.91. The van der Waals surface area contributed by atoms with E-state index in [-0.39, 0.29) is 48.2 Å². The van der Waals surface area contributed by atoms with Crippen LogP contribution in [0.2, 0.25) is 10.0 Å². The molecule has 0 unspecified atom stereocenters. The molecule has 6 heteroatoms. The summed E-state index contributed by atoms with van der Waals surface area (Å²) in [6.07, 6.45) is 0.259. The van der Waals surface area contributed by atoms with Crippen molar-refractivity contribution in [2.24, 2.45) is 0 Å². The van der Waals surface area contributed by atoms with Gasteiger partial charge >= 0.3 is 0 Å². The number of phenolic OH excluding ortho intramolecular Hbond substituents is 1. The van der Waals surface area contributed by atoms with E-state index < -0.39 is 0 Å². The maximum Gasteiger partial charge on any atom is 0.223 e. The van der Waals surface area contributed by atoms with Gasteiger partial charge in [0.05, 0.1) is 16.7 Å². The van der Waals surface area contributed by atoms with Crippen LogP contribution in [-0.2, 0) is 4.79 Å². The molecule has 0 radical (unpaired) electrons. The minimum absolute atomic E-state index is 0.0462. The van der Waals surface area contributed by atoms with Crippen molar-refractivity contribution in [1.29, 1.82) is 0 Å². The van der Waals surface area contributed by atoms with Crippen LogP contribution in [0, 0.1) is 0 Å². The quantitative estimate of drug-likeness (QED) is 0.901. The summed E-state index contributed by atoms with van der Waals surface area (Å²) in [7, 11) is 0. The third kappa shape index (κ3) is 2.53. The third-order valence-electron chi connectivity index (χ3n) is 3.61. The second kappa shape index (κ2) is 5.57. The molecule has 2 rings (SSSR count). The Balaban J connectivity index is 2.39. The Morgan fingerprint density at radius 1 is 1.42 bits per heavy atom. The molecule has 1 amide bonds. The Labute approximate surface area is 121 Å². The van der Waals surface area contributed by atoms with Gasteiger partial charge in [-0.2, -0.15) is 0 Å². The van der Waals surface area contributed by atoms with E-state index in [0.717, 1.165) is 0 Å². The third-order valence-corrected chi connectivity index (χ3v) is 4.43. The number of β-amino-alcohol motifs (C(OH)–C–C–N with tert-alkyl or cyclic N) is 1. The molecule has 0 aliphatic carbocycles. The molecule has 19 heavy (non-hydrogen) atoms. The van der Waals surface area contributed by atoms with Crippen LogP contribution < -0.4 is 0 Å². The molecule has 0 saturated carbocycles. The van der Waals surface area contributed by atoms with Crippen LogP contribution >= 0.6 is 23.2 Å². The first-order valence-electron chi connectivity index (χ1n) is 6.04. The molecular formula is C13H15Cl2NO3. The molecule has 104 valence electrons. The summed E-state index contributed by atoms with van der Waals surface area (Å²) in [4.78, 5) is 13.5. The zero-order valence-electron chi connectivity index (χ0n) is 10.4. The number of likely N-dealkylation sites (tertiary alicyclic amines) is 1. The normalized spacial score (nSPS) is 23.2. The first-order valence-corrected chi connectivity index (χ1v) is 6.80. The Morgan fingerprint density at radius 3 is 2.74 bits per heavy atom. The van der Waals surface area contributed by atoms with Gasteiger partial charge in [0.15, 0.2) is 0 Å². The minimum Gasteiger partial charge on any atom is -0.508 e. The molecule has 1 aliphatic heterocycles. The molecule has 0 bridgehead atoms. The zero-order valence-corrected chi connectivity index (χ0v) is 11.9. The molecule has 4 nitrogen and oxygen atoms in total. The number of halogens is 2. The minimum atomic E-state index is -0.217. The van der Waals surface area contributed by atoms with Crippen molar-refractivity contribution in [2.75, 3.05) is 13.2 Å². The van der Waals surface area contributed by atoms with Gasteiger partial charge in [0, 0.05) is 30.5 Å². The number of aliphatic hydroxyl groups excluding tert-OH is 1. The highest BCUT2D eigenvalue weighted by Crippen LogP contribution is 2.44. The van der Waals surface area contributed by atoms with Crippen LogP contribution in [0.5, 0.6) is 5.75 Å². The SMILES string of the molecule is C[C@H]1[C@H](c2c(O)ccc(Cl)c2Cl)CC(=O)N1CCO. The molecule has 1 aromatic rings. The predicted octanol–water partition coefficient (Wildman–Crippen LogP) is 2.40. The van der Waals surface area contributed by atoms with Crippen molar-refractivity contribution < 1.29 is 15.0 Å². The van der Waals surface area contributed by atoms with Crippen molar-refractivity contribution in [1.82, 2.24) is 4.90 Å². The predicted molar refractivity (Wildman–Crippen MR) is 73.7 cm³/mol. The van der Waals surface area contributed by atoms with Gasteiger partial charge in [-0.3, -0.25) is 4.79 Å². The fourth-order valence-electron chi connectivity index (χ4n) is 2.61. The molecule has 1 heterocycles. The second-order valence-electron chi connectivity index (χ2n) is 4.66. The van der Waals surface area contributed by atoms with E-state index in [1.807, 2.05) is 6.92 Å². The monoisotopic (exact) mass is 303 g/mol. The van der Waals surface area contributed by atoms with Gasteiger partial charge in [0.1, 0.15) is 5.75 Å². The summed E-state index contributed by atoms with van der Waals surface area (Å²) in [6, 6.07) is 2.87. The standard InChI is InChI=1S/C13H15Cl2NO3/c1-7-8(6-11(19)16(7)4-5-17)12-10(18)3-2-9(14)13(12)15/h2-3,7-8,17-18H,4-6H2,1H3/t7-,8+/m0/s1. The highest BCUT2D eigenvalue weighted by atomic mass is 35.5. The Kier molecular flexibility index (Phi) is 4.23. The van der Waals surface area contributed by atoms with E-state index >= 15 is 0 Å². The van der Waals surface area contributed by atoms with Gasteiger partial charge in [0.25, 0.3) is 0 Å². The zero-order chi connectivity index (χ0) is 14.2. The largest absolute Gasteiger partial charge is 0.508 e. The van der Waals surface area contributed by atoms with E-state index in [4.69, 9.17) is 28.3 Å². The summed E-state index contributed by atoms with van der Waals surface area (Å²) in [5.74, 6) is -0.225. The molecular weight excluding hydrogens is 289 g/mol. The number of amides is 1. The Hall–Kier alpha value is -0.970. The average Bonchev–Trinajstić information content (AvgIpc) is 2.63. The number of carbonyl (C=O) groups is 1. The number of phenols is 1. The molecule has 1 saturated heterocycles. The summed E-state index contributed by atoms with van der Waals surface area (Å²) in [5.41, 5.74) is 0.510. The number of aliphatic hydroxyl groups is 1. The molecule has 2 N–H and O–H groups in total. The van der Waals surface area contributed by atoms with Gasteiger partial charge in [-0.25, -0.2) is 0 Å². The lowest BCUT2D eigenvalue weighted by molar-refractivity contribution is -0.129. The number of nitrogens with zero attached hydrogens (tertiary/aromatic N) is 1. The Morgan fingerprint density at radius 2 is 2.11 bits per heavy atom. The molecule has 0 aromatic heterocycles. The van der Waals surface area contributed by atoms with Crippen molar-refractivity contribution in [3.05, 3.63) is 27.7 Å². The fourth-order valence-corrected chi connectivity index (χ4v) is 3.07. The van der Waals surface area contributed by atoms with E-state index in [9.17, 15) is 9.90 Å². The van der Waals surface area contributed by atoms with Gasteiger partial charge < -0.3 is 15.1 Å². The topological polar surface area (TPSA) is 60.8 Å². The van der Waals surface area contributed by atoms with Crippen LogP contribution in [-0.4, -0.2) is 40.2 Å².